The molecule has 3 rings (SSSR count). The number of aliphatic imine (C=N–C) groups is 1. The van der Waals surface area contributed by atoms with Gasteiger partial charge in [0.15, 0.2) is 17.5 Å². The first kappa shape index (κ1) is 23.8. The number of thiophene rings is 1. The lowest BCUT2D eigenvalue weighted by molar-refractivity contribution is 0.213. The Balaban J connectivity index is 0.00000300. The highest BCUT2D eigenvalue weighted by Gasteiger charge is 2.16. The summed E-state index contributed by atoms with van der Waals surface area (Å²) in [7, 11) is 3.44. The molecule has 1 aliphatic rings. The molecule has 2 N–H and O–H groups in total. The first-order valence-electron chi connectivity index (χ1n) is 9.71. The summed E-state index contributed by atoms with van der Waals surface area (Å²) < 4.78 is 11.3. The highest BCUT2D eigenvalue weighted by molar-refractivity contribution is 14.0. The molecule has 29 heavy (non-hydrogen) atoms. The fourth-order valence-electron chi connectivity index (χ4n) is 3.27. The lowest BCUT2D eigenvalue weighted by atomic mass is 10.1. The topological polar surface area (TPSA) is 58.1 Å². The molecule has 0 spiro atoms. The summed E-state index contributed by atoms with van der Waals surface area (Å²) in [6.45, 7) is 6.73. The third-order valence-corrected chi connectivity index (χ3v) is 5.81. The SMILES string of the molecule is CN=C(NCCN1CCc2sccc2C1)NCC(C)Oc1ccccc1OC.I. The van der Waals surface area contributed by atoms with Gasteiger partial charge in [-0.15, -0.1) is 35.3 Å². The molecule has 1 aromatic carbocycles. The second kappa shape index (κ2) is 12.2. The second-order valence-corrected chi connectivity index (χ2v) is 7.86. The maximum Gasteiger partial charge on any atom is 0.191 e. The Kier molecular flexibility index (Phi) is 10.0. The van der Waals surface area contributed by atoms with Gasteiger partial charge in [0.1, 0.15) is 6.10 Å². The van der Waals surface area contributed by atoms with E-state index in [0.29, 0.717) is 6.54 Å². The zero-order valence-corrected chi connectivity index (χ0v) is 20.5. The van der Waals surface area contributed by atoms with Crippen LogP contribution in [0.15, 0.2) is 40.7 Å². The van der Waals surface area contributed by atoms with Gasteiger partial charge >= 0.3 is 0 Å². The number of nitrogens with one attached hydrogen (secondary N) is 2. The van der Waals surface area contributed by atoms with Crippen LogP contribution < -0.4 is 20.1 Å². The number of rotatable bonds is 8. The predicted octanol–water partition coefficient (Wildman–Crippen LogP) is 3.37. The molecule has 8 heteroatoms. The molecule has 0 bridgehead atoms. The van der Waals surface area contributed by atoms with Crippen LogP contribution in [0, 0.1) is 0 Å². The Hall–Kier alpha value is -1.52. The molecule has 0 amide bonds. The minimum absolute atomic E-state index is 0. The Morgan fingerprint density at radius 3 is 2.79 bits per heavy atom. The van der Waals surface area contributed by atoms with Crippen LogP contribution in [0.4, 0.5) is 0 Å². The molecule has 160 valence electrons. The molecule has 1 aromatic heterocycles. The minimum atomic E-state index is -0.0195. The molecule has 2 heterocycles. The van der Waals surface area contributed by atoms with Crippen molar-refractivity contribution in [2.24, 2.45) is 4.99 Å². The first-order valence-corrected chi connectivity index (χ1v) is 10.6. The molecule has 1 atom stereocenters. The van der Waals surface area contributed by atoms with Gasteiger partial charge in [0.2, 0.25) is 0 Å². The second-order valence-electron chi connectivity index (χ2n) is 6.85. The van der Waals surface area contributed by atoms with E-state index in [2.05, 4.69) is 32.0 Å². The number of fused-ring (bicyclic) bond motifs is 1. The zero-order chi connectivity index (χ0) is 19.8. The fourth-order valence-corrected chi connectivity index (χ4v) is 4.16. The molecule has 2 aromatic rings. The van der Waals surface area contributed by atoms with Gasteiger partial charge in [0.05, 0.1) is 13.7 Å². The fraction of sp³-hybridized carbons (Fsp3) is 0.476. The van der Waals surface area contributed by atoms with E-state index in [1.54, 1.807) is 19.0 Å². The largest absolute Gasteiger partial charge is 0.493 e. The van der Waals surface area contributed by atoms with Crippen LogP contribution >= 0.6 is 35.3 Å². The molecule has 0 fully saturated rings. The van der Waals surface area contributed by atoms with Crippen molar-refractivity contribution in [1.82, 2.24) is 15.5 Å². The Morgan fingerprint density at radius 1 is 1.24 bits per heavy atom. The Morgan fingerprint density at radius 2 is 2.03 bits per heavy atom. The molecule has 6 nitrogen and oxygen atoms in total. The summed E-state index contributed by atoms with van der Waals surface area (Å²) in [6.07, 6.45) is 1.14. The van der Waals surface area contributed by atoms with Crippen LogP contribution in [0.3, 0.4) is 0 Å². The third-order valence-electron chi connectivity index (χ3n) is 4.79. The number of halogens is 1. The van der Waals surface area contributed by atoms with Crippen LogP contribution in [-0.2, 0) is 13.0 Å². The molecule has 0 saturated heterocycles. The number of guanidine groups is 1. The van der Waals surface area contributed by atoms with Gasteiger partial charge in [-0.25, -0.2) is 0 Å². The highest BCUT2D eigenvalue weighted by Crippen LogP contribution is 2.26. The van der Waals surface area contributed by atoms with Crippen molar-refractivity contribution in [2.75, 3.05) is 40.3 Å². The van der Waals surface area contributed by atoms with Crippen molar-refractivity contribution in [3.8, 4) is 11.5 Å². The van der Waals surface area contributed by atoms with Gasteiger partial charge in [-0.05, 0) is 42.5 Å². The first-order chi connectivity index (χ1) is 13.7. The normalized spacial score (nSPS) is 15.1. The summed E-state index contributed by atoms with van der Waals surface area (Å²) >= 11 is 1.88. The van der Waals surface area contributed by atoms with E-state index in [1.807, 2.05) is 42.5 Å². The number of methoxy groups -OCH3 is 1. The standard InChI is InChI=1S/C21H30N4O2S.HI/c1-16(27-19-7-5-4-6-18(19)26-3)14-24-21(22-2)23-10-12-25-11-8-20-17(15-25)9-13-28-20;/h4-7,9,13,16H,8,10-12,14-15H2,1-3H3,(H2,22,23,24);1H. The van der Waals surface area contributed by atoms with Crippen LogP contribution in [0.25, 0.3) is 0 Å². The van der Waals surface area contributed by atoms with E-state index in [1.165, 1.54) is 5.56 Å². The summed E-state index contributed by atoms with van der Waals surface area (Å²) in [5.74, 6) is 2.29. The van der Waals surface area contributed by atoms with E-state index >= 15 is 0 Å². The maximum atomic E-state index is 5.98. The number of hydrogen-bond donors (Lipinski definition) is 2. The van der Waals surface area contributed by atoms with Crippen LogP contribution in [-0.4, -0.2) is 57.3 Å². The zero-order valence-electron chi connectivity index (χ0n) is 17.3. The van der Waals surface area contributed by atoms with Crippen molar-refractivity contribution in [2.45, 2.75) is 26.0 Å². The smallest absolute Gasteiger partial charge is 0.191 e. The van der Waals surface area contributed by atoms with Crippen molar-refractivity contribution in [3.63, 3.8) is 0 Å². The molecule has 1 unspecified atom stereocenters. The van der Waals surface area contributed by atoms with Crippen LogP contribution in [0.2, 0.25) is 0 Å². The van der Waals surface area contributed by atoms with E-state index in [0.717, 1.165) is 50.1 Å². The average molecular weight is 530 g/mol. The summed E-state index contributed by atoms with van der Waals surface area (Å²) in [5.41, 5.74) is 1.49. The molecular weight excluding hydrogens is 499 g/mol. The van der Waals surface area contributed by atoms with Crippen molar-refractivity contribution >= 4 is 41.3 Å². The Bertz CT molecular complexity index is 784. The lowest BCUT2D eigenvalue weighted by Crippen LogP contribution is -2.44. The van der Waals surface area contributed by atoms with Crippen LogP contribution in [0.1, 0.15) is 17.4 Å². The van der Waals surface area contributed by atoms with E-state index in [9.17, 15) is 0 Å². The lowest BCUT2D eigenvalue weighted by Gasteiger charge is -2.27. The maximum absolute atomic E-state index is 5.98. The van der Waals surface area contributed by atoms with Crippen molar-refractivity contribution in [1.29, 1.82) is 0 Å². The van der Waals surface area contributed by atoms with E-state index in [4.69, 9.17) is 9.47 Å². The van der Waals surface area contributed by atoms with Gasteiger partial charge < -0.3 is 20.1 Å². The van der Waals surface area contributed by atoms with Gasteiger partial charge in [-0.3, -0.25) is 9.89 Å². The number of nitrogens with zero attached hydrogens (tertiary/aromatic N) is 2. The Labute approximate surface area is 194 Å². The highest BCUT2D eigenvalue weighted by atomic mass is 127. The van der Waals surface area contributed by atoms with Gasteiger partial charge in [0, 0.05) is 38.1 Å². The van der Waals surface area contributed by atoms with Gasteiger partial charge in [0.25, 0.3) is 0 Å². The van der Waals surface area contributed by atoms with Gasteiger partial charge in [-0.1, -0.05) is 12.1 Å². The molecule has 0 radical (unpaired) electrons. The third kappa shape index (κ3) is 7.04. The predicted molar refractivity (Wildman–Crippen MR) is 131 cm³/mol. The van der Waals surface area contributed by atoms with Crippen molar-refractivity contribution < 1.29 is 9.47 Å². The molecule has 0 saturated carbocycles. The molecular formula is C21H31IN4O2S. The van der Waals surface area contributed by atoms with E-state index < -0.39 is 0 Å². The number of hydrogen-bond acceptors (Lipinski definition) is 5. The number of benzene rings is 1. The van der Waals surface area contributed by atoms with Crippen LogP contribution in [0.5, 0.6) is 11.5 Å². The minimum Gasteiger partial charge on any atom is -0.493 e. The quantitative estimate of drug-likeness (QED) is 0.312. The van der Waals surface area contributed by atoms with E-state index in [-0.39, 0.29) is 30.1 Å². The molecule has 1 aliphatic heterocycles. The summed E-state index contributed by atoms with van der Waals surface area (Å²) in [4.78, 5) is 8.34. The number of ether oxygens (including phenoxy) is 2. The summed E-state index contributed by atoms with van der Waals surface area (Å²) in [6, 6.07) is 9.94. The monoisotopic (exact) mass is 530 g/mol. The summed E-state index contributed by atoms with van der Waals surface area (Å²) in [5, 5.41) is 8.93. The molecule has 0 aliphatic carbocycles. The van der Waals surface area contributed by atoms with Crippen molar-refractivity contribution in [3.05, 3.63) is 46.2 Å². The van der Waals surface area contributed by atoms with Gasteiger partial charge in [-0.2, -0.15) is 0 Å². The number of para-hydroxylation sites is 2. The average Bonchev–Trinajstić information content (AvgIpc) is 3.19.